The number of nitrogens with two attached hydrogens (primary N) is 1. The van der Waals surface area contributed by atoms with E-state index >= 15 is 0 Å². The predicted molar refractivity (Wildman–Crippen MR) is 58.7 cm³/mol. The van der Waals surface area contributed by atoms with Gasteiger partial charge in [-0.05, 0) is 13.3 Å². The van der Waals surface area contributed by atoms with Gasteiger partial charge in [-0.15, -0.1) is 0 Å². The molecule has 0 saturated carbocycles. The quantitative estimate of drug-likeness (QED) is 0.410. The van der Waals surface area contributed by atoms with E-state index in [0.29, 0.717) is 26.2 Å². The van der Waals surface area contributed by atoms with E-state index in [-0.39, 0.29) is 18.6 Å². The van der Waals surface area contributed by atoms with Crippen molar-refractivity contribution in [3.8, 4) is 0 Å². The highest BCUT2D eigenvalue weighted by Gasteiger charge is 2.15. The van der Waals surface area contributed by atoms with Gasteiger partial charge in [-0.3, -0.25) is 9.59 Å². The summed E-state index contributed by atoms with van der Waals surface area (Å²) in [5.41, 5.74) is 4.89. The van der Waals surface area contributed by atoms with Crippen LogP contribution in [-0.2, 0) is 19.1 Å². The van der Waals surface area contributed by atoms with E-state index < -0.39 is 5.91 Å². The van der Waals surface area contributed by atoms with Crippen LogP contribution in [0.25, 0.3) is 0 Å². The van der Waals surface area contributed by atoms with Crippen LogP contribution in [0.15, 0.2) is 0 Å². The Morgan fingerprint density at radius 2 is 2.06 bits per heavy atom. The van der Waals surface area contributed by atoms with Crippen molar-refractivity contribution in [1.29, 1.82) is 0 Å². The van der Waals surface area contributed by atoms with E-state index in [0.717, 1.165) is 0 Å². The molecular weight excluding hydrogens is 212 g/mol. The van der Waals surface area contributed by atoms with E-state index in [2.05, 4.69) is 5.32 Å². The van der Waals surface area contributed by atoms with E-state index in [1.165, 1.54) is 0 Å². The average Bonchev–Trinajstić information content (AvgIpc) is 2.23. The van der Waals surface area contributed by atoms with Gasteiger partial charge in [-0.2, -0.15) is 0 Å². The van der Waals surface area contributed by atoms with Crippen molar-refractivity contribution in [1.82, 2.24) is 5.32 Å². The summed E-state index contributed by atoms with van der Waals surface area (Å²) < 4.78 is 9.81. The minimum Gasteiger partial charge on any atom is -0.465 e. The van der Waals surface area contributed by atoms with Gasteiger partial charge in [0, 0.05) is 6.54 Å². The first-order valence-electron chi connectivity index (χ1n) is 5.37. The Labute approximate surface area is 95.5 Å². The molecule has 0 aliphatic rings. The summed E-state index contributed by atoms with van der Waals surface area (Å²) in [6, 6.07) is -0.322. The van der Waals surface area contributed by atoms with Crippen LogP contribution in [0.1, 0.15) is 20.3 Å². The van der Waals surface area contributed by atoms with E-state index in [1.807, 2.05) is 6.92 Å². The van der Waals surface area contributed by atoms with Crippen molar-refractivity contribution in [2.75, 3.05) is 26.4 Å². The first-order valence-corrected chi connectivity index (χ1v) is 5.37. The second-order valence-electron chi connectivity index (χ2n) is 3.19. The van der Waals surface area contributed by atoms with Crippen LogP contribution < -0.4 is 11.1 Å². The molecule has 1 atom stereocenters. The van der Waals surface area contributed by atoms with Crippen molar-refractivity contribution in [3.05, 3.63) is 0 Å². The molecular formula is C10H20N2O4. The van der Waals surface area contributed by atoms with Crippen LogP contribution in [0.2, 0.25) is 0 Å². The molecule has 6 nitrogen and oxygen atoms in total. The summed E-state index contributed by atoms with van der Waals surface area (Å²) in [7, 11) is 0. The number of amides is 1. The Hall–Kier alpha value is -1.14. The molecule has 6 heteroatoms. The number of hydrogen-bond acceptors (Lipinski definition) is 5. The summed E-state index contributed by atoms with van der Waals surface area (Å²) in [4.78, 5) is 21.7. The van der Waals surface area contributed by atoms with Gasteiger partial charge in [0.2, 0.25) is 5.91 Å². The van der Waals surface area contributed by atoms with Crippen LogP contribution in [0.3, 0.4) is 0 Å². The molecule has 0 aliphatic heterocycles. The fraction of sp³-hybridized carbons (Fsp3) is 0.800. The zero-order valence-corrected chi connectivity index (χ0v) is 9.82. The smallest absolute Gasteiger partial charge is 0.323 e. The van der Waals surface area contributed by atoms with E-state index in [4.69, 9.17) is 15.2 Å². The highest BCUT2D eigenvalue weighted by atomic mass is 16.5. The van der Waals surface area contributed by atoms with Crippen molar-refractivity contribution in [2.45, 2.75) is 26.3 Å². The lowest BCUT2D eigenvalue weighted by Crippen LogP contribution is -2.39. The Balaban J connectivity index is 3.62. The SMILES string of the molecule is CCOC(=O)C(CC)NCCOCC(N)=O. The van der Waals surface area contributed by atoms with Gasteiger partial charge in [0.1, 0.15) is 12.6 Å². The number of esters is 1. The van der Waals surface area contributed by atoms with Crippen molar-refractivity contribution < 1.29 is 19.1 Å². The molecule has 0 bridgehead atoms. The number of hydrogen-bond donors (Lipinski definition) is 2. The minimum absolute atomic E-state index is 0.0993. The molecule has 0 heterocycles. The lowest BCUT2D eigenvalue weighted by molar-refractivity contribution is -0.145. The van der Waals surface area contributed by atoms with Gasteiger partial charge in [0.25, 0.3) is 0 Å². The number of carbonyl (C=O) groups excluding carboxylic acids is 2. The van der Waals surface area contributed by atoms with Crippen molar-refractivity contribution in [2.24, 2.45) is 5.73 Å². The summed E-state index contributed by atoms with van der Waals surface area (Å²) in [5.74, 6) is -0.766. The van der Waals surface area contributed by atoms with Crippen LogP contribution in [-0.4, -0.2) is 44.3 Å². The number of carbonyl (C=O) groups is 2. The zero-order chi connectivity index (χ0) is 12.4. The fourth-order valence-corrected chi connectivity index (χ4v) is 1.12. The lowest BCUT2D eigenvalue weighted by atomic mass is 10.2. The maximum absolute atomic E-state index is 11.3. The highest BCUT2D eigenvalue weighted by molar-refractivity contribution is 5.75. The fourth-order valence-electron chi connectivity index (χ4n) is 1.12. The zero-order valence-electron chi connectivity index (χ0n) is 9.82. The second-order valence-corrected chi connectivity index (χ2v) is 3.19. The second kappa shape index (κ2) is 9.11. The normalized spacial score (nSPS) is 12.1. The Bertz CT molecular complexity index is 221. The largest absolute Gasteiger partial charge is 0.465 e. The van der Waals surface area contributed by atoms with Crippen molar-refractivity contribution >= 4 is 11.9 Å². The van der Waals surface area contributed by atoms with Crippen LogP contribution in [0.5, 0.6) is 0 Å². The molecule has 3 N–H and O–H groups in total. The molecule has 0 aromatic carbocycles. The molecule has 0 aliphatic carbocycles. The maximum Gasteiger partial charge on any atom is 0.323 e. The first kappa shape index (κ1) is 14.9. The molecule has 94 valence electrons. The number of primary amides is 1. The third kappa shape index (κ3) is 7.19. The standard InChI is InChI=1S/C10H20N2O4/c1-3-8(10(14)16-4-2)12-5-6-15-7-9(11)13/h8,12H,3-7H2,1-2H3,(H2,11,13). The molecule has 0 aromatic heterocycles. The number of ether oxygens (including phenoxy) is 2. The average molecular weight is 232 g/mol. The first-order chi connectivity index (χ1) is 7.61. The Morgan fingerprint density at radius 3 is 2.56 bits per heavy atom. The molecule has 0 fully saturated rings. The molecule has 16 heavy (non-hydrogen) atoms. The maximum atomic E-state index is 11.3. The molecule has 1 unspecified atom stereocenters. The van der Waals surface area contributed by atoms with Gasteiger partial charge >= 0.3 is 5.97 Å². The molecule has 0 radical (unpaired) electrons. The molecule has 1 amide bonds. The van der Waals surface area contributed by atoms with Gasteiger partial charge in [-0.1, -0.05) is 6.92 Å². The minimum atomic E-state index is -0.502. The van der Waals surface area contributed by atoms with Gasteiger partial charge in [0.05, 0.1) is 13.2 Å². The number of nitrogens with one attached hydrogen (secondary N) is 1. The molecule has 0 spiro atoms. The molecule has 0 rings (SSSR count). The summed E-state index contributed by atoms with van der Waals surface area (Å²) in [6.07, 6.45) is 0.647. The van der Waals surface area contributed by atoms with Gasteiger partial charge in [-0.25, -0.2) is 0 Å². The van der Waals surface area contributed by atoms with E-state index in [1.54, 1.807) is 6.92 Å². The summed E-state index contributed by atoms with van der Waals surface area (Å²) in [5, 5.41) is 2.98. The van der Waals surface area contributed by atoms with Crippen LogP contribution in [0.4, 0.5) is 0 Å². The van der Waals surface area contributed by atoms with Gasteiger partial charge < -0.3 is 20.5 Å². The van der Waals surface area contributed by atoms with Crippen molar-refractivity contribution in [3.63, 3.8) is 0 Å². The topological polar surface area (TPSA) is 90.7 Å². The molecule has 0 aromatic rings. The highest BCUT2D eigenvalue weighted by Crippen LogP contribution is 1.94. The van der Waals surface area contributed by atoms with Crippen LogP contribution >= 0.6 is 0 Å². The Morgan fingerprint density at radius 1 is 1.38 bits per heavy atom. The molecule has 0 saturated heterocycles. The third-order valence-electron chi connectivity index (χ3n) is 1.86. The van der Waals surface area contributed by atoms with Crippen LogP contribution in [0, 0.1) is 0 Å². The predicted octanol–water partition coefficient (Wildman–Crippen LogP) is -0.580. The monoisotopic (exact) mass is 232 g/mol. The number of rotatable bonds is 9. The van der Waals surface area contributed by atoms with Gasteiger partial charge in [0.15, 0.2) is 0 Å². The summed E-state index contributed by atoms with van der Waals surface area (Å²) >= 11 is 0. The van der Waals surface area contributed by atoms with E-state index in [9.17, 15) is 9.59 Å². The Kier molecular flexibility index (Phi) is 8.46. The third-order valence-corrected chi connectivity index (χ3v) is 1.86. The lowest BCUT2D eigenvalue weighted by Gasteiger charge is -2.15. The summed E-state index contributed by atoms with van der Waals surface area (Å²) in [6.45, 7) is 4.73.